The zero-order valence-electron chi connectivity index (χ0n) is 12.7. The third-order valence-corrected chi connectivity index (χ3v) is 4.23. The highest BCUT2D eigenvalue weighted by molar-refractivity contribution is 7.89. The number of nitrogens with one attached hydrogen (secondary N) is 1. The number of hydrogen-bond acceptors (Lipinski definition) is 5. The van der Waals surface area contributed by atoms with E-state index in [-0.39, 0.29) is 23.1 Å². The number of nitrogens with zero attached hydrogens (tertiary/aromatic N) is 1. The van der Waals surface area contributed by atoms with Gasteiger partial charge in [0.05, 0.1) is 14.2 Å². The van der Waals surface area contributed by atoms with Gasteiger partial charge in [0.25, 0.3) is 0 Å². The van der Waals surface area contributed by atoms with Crippen molar-refractivity contribution < 1.29 is 30.3 Å². The fourth-order valence-electron chi connectivity index (χ4n) is 1.68. The molecule has 0 aliphatic carbocycles. The monoisotopic (exact) mass is 337 g/mol. The molecule has 21 heavy (non-hydrogen) atoms. The molecule has 0 fully saturated rings. The molecule has 0 saturated heterocycles. The van der Waals surface area contributed by atoms with Crippen LogP contribution >= 0.6 is 0 Å². The highest BCUT2D eigenvalue weighted by Crippen LogP contribution is 2.28. The van der Waals surface area contributed by atoms with Crippen molar-refractivity contribution in [3.8, 4) is 11.5 Å². The van der Waals surface area contributed by atoms with E-state index in [9.17, 15) is 8.42 Å². The maximum atomic E-state index is 12.2. The third-order valence-electron chi connectivity index (χ3n) is 2.73. The fraction of sp³-hybridized carbons (Fsp3) is 0.538. The molecule has 1 aromatic carbocycles. The second kappa shape index (κ2) is 9.09. The summed E-state index contributed by atoms with van der Waals surface area (Å²) in [6.07, 6.45) is 0.741. The van der Waals surface area contributed by atoms with E-state index in [4.69, 9.17) is 9.47 Å². The van der Waals surface area contributed by atoms with Gasteiger partial charge in [-0.15, -0.1) is 0 Å². The Balaban J connectivity index is 0.00000400. The van der Waals surface area contributed by atoms with Crippen LogP contribution in [-0.2, 0) is 10.0 Å². The maximum absolute atomic E-state index is 12.2. The summed E-state index contributed by atoms with van der Waals surface area (Å²) in [7, 11) is 3.26. The lowest BCUT2D eigenvalue weighted by molar-refractivity contribution is -0.00000762. The Hall–Kier alpha value is -1.02. The molecule has 6 nitrogen and oxygen atoms in total. The molecule has 0 saturated carbocycles. The summed E-state index contributed by atoms with van der Waals surface area (Å²) >= 11 is 0. The SMILES string of the molecule is COc1ccc(S(=O)(=O)NCCCN(C)C)c(OC)c1.[Cl-]. The first-order chi connectivity index (χ1) is 9.40. The van der Waals surface area contributed by atoms with Gasteiger partial charge in [-0.05, 0) is 39.2 Å². The molecule has 0 heterocycles. The molecule has 8 heteroatoms. The van der Waals surface area contributed by atoms with E-state index in [1.54, 1.807) is 12.1 Å². The van der Waals surface area contributed by atoms with E-state index in [2.05, 4.69) is 4.72 Å². The van der Waals surface area contributed by atoms with Gasteiger partial charge in [-0.1, -0.05) is 0 Å². The molecule has 0 bridgehead atoms. The van der Waals surface area contributed by atoms with Crippen molar-refractivity contribution in [1.82, 2.24) is 9.62 Å². The molecule has 122 valence electrons. The Bertz CT molecular complexity index is 535. The first-order valence-corrected chi connectivity index (χ1v) is 7.75. The molecule has 1 aromatic rings. The van der Waals surface area contributed by atoms with Gasteiger partial charge >= 0.3 is 0 Å². The van der Waals surface area contributed by atoms with Crippen LogP contribution in [0, 0.1) is 0 Å². The van der Waals surface area contributed by atoms with Gasteiger partial charge in [-0.25, -0.2) is 13.1 Å². The summed E-state index contributed by atoms with van der Waals surface area (Å²) in [4.78, 5) is 2.12. The zero-order valence-corrected chi connectivity index (χ0v) is 14.3. The van der Waals surface area contributed by atoms with Crippen molar-refractivity contribution in [2.45, 2.75) is 11.3 Å². The standard InChI is InChI=1S/C13H22N2O4S.ClH/c1-15(2)9-5-8-14-20(16,17)13-7-6-11(18-3)10-12(13)19-4;/h6-7,10,14H,5,8-9H2,1-4H3;1H/p-1. The summed E-state index contributed by atoms with van der Waals surface area (Å²) in [5.74, 6) is 0.817. The van der Waals surface area contributed by atoms with Crippen LogP contribution in [0.5, 0.6) is 11.5 Å². The van der Waals surface area contributed by atoms with Crippen molar-refractivity contribution in [2.24, 2.45) is 0 Å². The van der Waals surface area contributed by atoms with Crippen LogP contribution in [-0.4, -0.2) is 54.7 Å². The zero-order chi connectivity index (χ0) is 15.2. The van der Waals surface area contributed by atoms with E-state index in [1.807, 2.05) is 19.0 Å². The van der Waals surface area contributed by atoms with E-state index >= 15 is 0 Å². The molecule has 0 radical (unpaired) electrons. The van der Waals surface area contributed by atoms with E-state index in [1.165, 1.54) is 20.3 Å². The molecule has 0 amide bonds. The van der Waals surface area contributed by atoms with Gasteiger partial charge in [-0.3, -0.25) is 0 Å². The highest BCUT2D eigenvalue weighted by Gasteiger charge is 2.19. The van der Waals surface area contributed by atoms with Crippen LogP contribution in [0.2, 0.25) is 0 Å². The molecular formula is C13H22ClN2O4S-. The van der Waals surface area contributed by atoms with E-state index in [0.29, 0.717) is 12.3 Å². The Labute approximate surface area is 132 Å². The first kappa shape index (κ1) is 20.0. The van der Waals surface area contributed by atoms with Crippen molar-refractivity contribution in [1.29, 1.82) is 0 Å². The molecular weight excluding hydrogens is 316 g/mol. The number of sulfonamides is 1. The van der Waals surface area contributed by atoms with Crippen molar-refractivity contribution in [3.63, 3.8) is 0 Å². The molecule has 1 N–H and O–H groups in total. The minimum Gasteiger partial charge on any atom is -1.00 e. The van der Waals surface area contributed by atoms with Crippen LogP contribution in [0.15, 0.2) is 23.1 Å². The van der Waals surface area contributed by atoms with Gasteiger partial charge in [0.1, 0.15) is 16.4 Å². The van der Waals surface area contributed by atoms with Crippen molar-refractivity contribution in [2.75, 3.05) is 41.4 Å². The van der Waals surface area contributed by atoms with Crippen LogP contribution < -0.4 is 26.6 Å². The lowest BCUT2D eigenvalue weighted by atomic mass is 10.3. The van der Waals surface area contributed by atoms with Crippen LogP contribution in [0.4, 0.5) is 0 Å². The summed E-state index contributed by atoms with van der Waals surface area (Å²) in [5, 5.41) is 0. The van der Waals surface area contributed by atoms with Gasteiger partial charge in [-0.2, -0.15) is 0 Å². The summed E-state index contributed by atoms with van der Waals surface area (Å²) < 4.78 is 37.1. The van der Waals surface area contributed by atoms with Gasteiger partial charge in [0.2, 0.25) is 10.0 Å². The Morgan fingerprint density at radius 3 is 2.38 bits per heavy atom. The smallest absolute Gasteiger partial charge is 0.244 e. The van der Waals surface area contributed by atoms with Crippen LogP contribution in [0.3, 0.4) is 0 Å². The number of ether oxygens (including phenoxy) is 2. The van der Waals surface area contributed by atoms with Crippen LogP contribution in [0.25, 0.3) is 0 Å². The topological polar surface area (TPSA) is 67.9 Å². The number of benzene rings is 1. The molecule has 0 unspecified atom stereocenters. The minimum absolute atomic E-state index is 0. The molecule has 1 rings (SSSR count). The minimum atomic E-state index is -3.58. The third kappa shape index (κ3) is 6.09. The van der Waals surface area contributed by atoms with Gasteiger partial charge in [0.15, 0.2) is 0 Å². The van der Waals surface area contributed by atoms with E-state index < -0.39 is 10.0 Å². The number of hydrogen-bond donors (Lipinski definition) is 1. The molecule has 0 atom stereocenters. The Morgan fingerprint density at radius 2 is 1.86 bits per heavy atom. The van der Waals surface area contributed by atoms with Crippen molar-refractivity contribution in [3.05, 3.63) is 18.2 Å². The second-order valence-electron chi connectivity index (χ2n) is 4.57. The number of rotatable bonds is 8. The lowest BCUT2D eigenvalue weighted by Gasteiger charge is -2.13. The van der Waals surface area contributed by atoms with Gasteiger partial charge < -0.3 is 26.8 Å². The van der Waals surface area contributed by atoms with Gasteiger partial charge in [0, 0.05) is 12.6 Å². The number of halogens is 1. The highest BCUT2D eigenvalue weighted by atomic mass is 35.5. The van der Waals surface area contributed by atoms with Crippen LogP contribution in [0.1, 0.15) is 6.42 Å². The molecule has 0 aliphatic rings. The molecule has 0 spiro atoms. The fourth-order valence-corrected chi connectivity index (χ4v) is 2.90. The summed E-state index contributed by atoms with van der Waals surface area (Å²) in [5.41, 5.74) is 0. The maximum Gasteiger partial charge on any atom is 0.244 e. The van der Waals surface area contributed by atoms with Crippen molar-refractivity contribution >= 4 is 10.0 Å². The summed E-state index contributed by atoms with van der Waals surface area (Å²) in [6.45, 7) is 1.21. The van der Waals surface area contributed by atoms with E-state index in [0.717, 1.165) is 13.0 Å². The predicted octanol–water partition coefficient (Wildman–Crippen LogP) is -2.06. The second-order valence-corrected chi connectivity index (χ2v) is 6.31. The average molecular weight is 338 g/mol. The Kier molecular flexibility index (Phi) is 8.65. The first-order valence-electron chi connectivity index (χ1n) is 6.27. The Morgan fingerprint density at radius 1 is 1.19 bits per heavy atom. The average Bonchev–Trinajstić information content (AvgIpc) is 2.42. The molecule has 0 aliphatic heterocycles. The predicted molar refractivity (Wildman–Crippen MR) is 77.9 cm³/mol. The normalized spacial score (nSPS) is 11.1. The molecule has 0 aromatic heterocycles. The lowest BCUT2D eigenvalue weighted by Crippen LogP contribution is -3.00. The summed E-state index contributed by atoms with van der Waals surface area (Å²) in [6, 6.07) is 4.62. The quantitative estimate of drug-likeness (QED) is 0.552. The largest absolute Gasteiger partial charge is 1.00 e. The number of methoxy groups -OCH3 is 2.